The van der Waals surface area contributed by atoms with Crippen molar-refractivity contribution in [2.45, 2.75) is 43.4 Å². The number of methoxy groups -OCH3 is 1. The van der Waals surface area contributed by atoms with Crippen molar-refractivity contribution in [2.24, 2.45) is 0 Å². The van der Waals surface area contributed by atoms with E-state index in [0.717, 1.165) is 35.2 Å². The van der Waals surface area contributed by atoms with Gasteiger partial charge in [-0.1, -0.05) is 36.4 Å². The van der Waals surface area contributed by atoms with Crippen LogP contribution in [0.5, 0.6) is 5.75 Å². The van der Waals surface area contributed by atoms with Gasteiger partial charge >= 0.3 is 0 Å². The van der Waals surface area contributed by atoms with Crippen LogP contribution in [0.3, 0.4) is 0 Å². The Morgan fingerprint density at radius 1 is 1.11 bits per heavy atom. The maximum absolute atomic E-state index is 13.8. The number of aliphatic hydroxyl groups excluding tert-OH is 1. The summed E-state index contributed by atoms with van der Waals surface area (Å²) in [7, 11) is -2.39. The first kappa shape index (κ1) is 26.1. The average molecular weight is 536 g/mol. The first-order chi connectivity index (χ1) is 18.4. The number of imidazole rings is 1. The maximum atomic E-state index is 13.8. The van der Waals surface area contributed by atoms with Gasteiger partial charge in [0.15, 0.2) is 0 Å². The topological polar surface area (TPSA) is 84.7 Å². The van der Waals surface area contributed by atoms with E-state index in [9.17, 15) is 17.9 Å². The van der Waals surface area contributed by atoms with Gasteiger partial charge in [-0.2, -0.15) is 4.31 Å². The van der Waals surface area contributed by atoms with Crippen molar-refractivity contribution in [1.29, 1.82) is 0 Å². The second-order valence-corrected chi connectivity index (χ2v) is 11.2. The summed E-state index contributed by atoms with van der Waals surface area (Å²) in [6, 6.07) is 18.8. The van der Waals surface area contributed by atoms with Crippen LogP contribution < -0.4 is 4.74 Å². The van der Waals surface area contributed by atoms with Gasteiger partial charge in [0, 0.05) is 24.7 Å². The molecule has 3 aromatic carbocycles. The van der Waals surface area contributed by atoms with Crippen LogP contribution in [0.1, 0.15) is 35.6 Å². The Morgan fingerprint density at radius 3 is 2.68 bits per heavy atom. The first-order valence-electron chi connectivity index (χ1n) is 12.5. The van der Waals surface area contributed by atoms with Crippen LogP contribution in [-0.4, -0.2) is 41.0 Å². The van der Waals surface area contributed by atoms with E-state index in [-0.39, 0.29) is 23.4 Å². The van der Waals surface area contributed by atoms with Crippen LogP contribution in [0.15, 0.2) is 84.1 Å². The third-order valence-electron chi connectivity index (χ3n) is 7.07. The van der Waals surface area contributed by atoms with Gasteiger partial charge in [0.2, 0.25) is 10.0 Å². The molecule has 7 nitrogen and oxygen atoms in total. The largest absolute Gasteiger partial charge is 0.497 e. The lowest BCUT2D eigenvalue weighted by molar-refractivity contribution is 0.277. The van der Waals surface area contributed by atoms with Gasteiger partial charge in [-0.25, -0.2) is 17.8 Å². The Bertz CT molecular complexity index is 1520. The summed E-state index contributed by atoms with van der Waals surface area (Å²) in [6.07, 6.45) is 5.74. The molecule has 1 aromatic heterocycles. The summed E-state index contributed by atoms with van der Waals surface area (Å²) < 4.78 is 49.7. The van der Waals surface area contributed by atoms with Crippen molar-refractivity contribution in [1.82, 2.24) is 13.9 Å². The molecule has 0 saturated carbocycles. The SMILES string of the molecule is COc1ccc(CO)c(S(=O)(=O)N2CCCC2c2cccc(-c3cncn3CCc3ccc(F)cc3)c2)c1. The molecule has 4 aromatic rings. The second kappa shape index (κ2) is 11.1. The number of rotatable bonds is 9. The van der Waals surface area contributed by atoms with E-state index in [0.29, 0.717) is 30.8 Å². The van der Waals surface area contributed by atoms with Gasteiger partial charge in [-0.3, -0.25) is 0 Å². The fourth-order valence-corrected chi connectivity index (χ4v) is 6.98. The van der Waals surface area contributed by atoms with Gasteiger partial charge in [0.1, 0.15) is 11.6 Å². The molecule has 9 heteroatoms. The lowest BCUT2D eigenvalue weighted by Crippen LogP contribution is -2.31. The number of sulfonamides is 1. The predicted octanol–water partition coefficient (Wildman–Crippen LogP) is 4.96. The molecule has 38 heavy (non-hydrogen) atoms. The zero-order chi connectivity index (χ0) is 26.7. The van der Waals surface area contributed by atoms with Crippen molar-refractivity contribution in [3.63, 3.8) is 0 Å². The number of ether oxygens (including phenoxy) is 1. The molecule has 0 amide bonds. The van der Waals surface area contributed by atoms with Gasteiger partial charge < -0.3 is 14.4 Å². The van der Waals surface area contributed by atoms with E-state index in [2.05, 4.69) is 9.55 Å². The van der Waals surface area contributed by atoms with Crippen molar-refractivity contribution in [3.8, 4) is 17.0 Å². The third-order valence-corrected chi connectivity index (χ3v) is 9.06. The van der Waals surface area contributed by atoms with Gasteiger partial charge in [0.25, 0.3) is 0 Å². The summed E-state index contributed by atoms with van der Waals surface area (Å²) in [5.74, 6) is 0.170. The van der Waals surface area contributed by atoms with Crippen LogP contribution in [-0.2, 0) is 29.6 Å². The Labute approximate surface area is 222 Å². The van der Waals surface area contributed by atoms with Crippen LogP contribution in [0, 0.1) is 5.82 Å². The minimum Gasteiger partial charge on any atom is -0.497 e. The summed E-state index contributed by atoms with van der Waals surface area (Å²) in [4.78, 5) is 4.41. The summed E-state index contributed by atoms with van der Waals surface area (Å²) in [5, 5.41) is 9.82. The smallest absolute Gasteiger partial charge is 0.244 e. The molecular formula is C29H30FN3O4S. The quantitative estimate of drug-likeness (QED) is 0.328. The van der Waals surface area contributed by atoms with Crippen molar-refractivity contribution < 1.29 is 22.7 Å². The molecule has 0 radical (unpaired) electrons. The molecule has 1 aliphatic rings. The number of hydrogen-bond donors (Lipinski definition) is 1. The lowest BCUT2D eigenvalue weighted by Gasteiger charge is -2.26. The molecule has 1 N–H and O–H groups in total. The average Bonchev–Trinajstić information content (AvgIpc) is 3.63. The number of benzene rings is 3. The van der Waals surface area contributed by atoms with Crippen molar-refractivity contribution in [3.05, 3.63) is 102 Å². The Hall–Kier alpha value is -3.53. The van der Waals surface area contributed by atoms with Crippen molar-refractivity contribution >= 4 is 10.0 Å². The van der Waals surface area contributed by atoms with E-state index in [1.54, 1.807) is 36.8 Å². The second-order valence-electron chi connectivity index (χ2n) is 9.38. The summed E-state index contributed by atoms with van der Waals surface area (Å²) in [5.41, 5.74) is 4.16. The van der Waals surface area contributed by atoms with Crippen LogP contribution in [0.2, 0.25) is 0 Å². The van der Waals surface area contributed by atoms with E-state index >= 15 is 0 Å². The minimum absolute atomic E-state index is 0.0706. The molecule has 0 bridgehead atoms. The standard InChI is InChI=1S/C29H30FN3O4S/c1-37-26-12-9-24(19-34)29(17-26)38(35,36)33-14-3-6-27(33)22-4-2-5-23(16-22)28-18-31-20-32(28)15-13-21-7-10-25(30)11-8-21/h2,4-5,7-12,16-18,20,27,34H,3,6,13-15,19H2,1H3. The van der Waals surface area contributed by atoms with E-state index in [1.165, 1.54) is 29.6 Å². The third kappa shape index (κ3) is 5.22. The number of aliphatic hydroxyl groups is 1. The van der Waals surface area contributed by atoms with E-state index in [1.807, 2.05) is 24.3 Å². The molecular weight excluding hydrogens is 505 g/mol. The molecule has 198 valence electrons. The minimum atomic E-state index is -3.88. The molecule has 1 unspecified atom stereocenters. The fourth-order valence-electron chi connectivity index (χ4n) is 5.07. The molecule has 5 rings (SSSR count). The normalized spacial score (nSPS) is 16.1. The molecule has 1 saturated heterocycles. The molecule has 1 aliphatic heterocycles. The highest BCUT2D eigenvalue weighted by molar-refractivity contribution is 7.89. The Balaban J connectivity index is 1.42. The summed E-state index contributed by atoms with van der Waals surface area (Å²) in [6.45, 7) is 0.693. The number of hydrogen-bond acceptors (Lipinski definition) is 5. The Kier molecular flexibility index (Phi) is 7.60. The molecule has 2 heterocycles. The zero-order valence-corrected chi connectivity index (χ0v) is 21.9. The monoisotopic (exact) mass is 535 g/mol. The highest BCUT2D eigenvalue weighted by Crippen LogP contribution is 2.39. The van der Waals surface area contributed by atoms with Gasteiger partial charge in [-0.05, 0) is 60.2 Å². The van der Waals surface area contributed by atoms with Gasteiger partial charge in [-0.15, -0.1) is 0 Å². The van der Waals surface area contributed by atoms with Crippen molar-refractivity contribution in [2.75, 3.05) is 13.7 Å². The zero-order valence-electron chi connectivity index (χ0n) is 21.1. The predicted molar refractivity (Wildman–Crippen MR) is 143 cm³/mol. The first-order valence-corrected chi connectivity index (χ1v) is 14.0. The number of aromatic nitrogens is 2. The number of aryl methyl sites for hydroxylation is 2. The lowest BCUT2D eigenvalue weighted by atomic mass is 10.0. The molecule has 1 fully saturated rings. The molecule has 0 aliphatic carbocycles. The summed E-state index contributed by atoms with van der Waals surface area (Å²) >= 11 is 0. The molecule has 0 spiro atoms. The fraction of sp³-hybridized carbons (Fsp3) is 0.276. The van der Waals surface area contributed by atoms with Crippen LogP contribution >= 0.6 is 0 Å². The molecule has 1 atom stereocenters. The van der Waals surface area contributed by atoms with Crippen LogP contribution in [0.4, 0.5) is 4.39 Å². The highest BCUT2D eigenvalue weighted by atomic mass is 32.2. The maximum Gasteiger partial charge on any atom is 0.244 e. The van der Waals surface area contributed by atoms with E-state index in [4.69, 9.17) is 4.74 Å². The van der Waals surface area contributed by atoms with E-state index < -0.39 is 10.0 Å². The number of halogens is 1. The highest BCUT2D eigenvalue weighted by Gasteiger charge is 2.37. The number of nitrogens with zero attached hydrogens (tertiary/aromatic N) is 3. The van der Waals surface area contributed by atoms with Crippen LogP contribution in [0.25, 0.3) is 11.3 Å². The Morgan fingerprint density at radius 2 is 1.92 bits per heavy atom. The van der Waals surface area contributed by atoms with Gasteiger partial charge in [0.05, 0.1) is 42.9 Å².